The van der Waals surface area contributed by atoms with Crippen LogP contribution in [0.5, 0.6) is 0 Å². The second-order valence-electron chi connectivity index (χ2n) is 5.54. The number of amides is 2. The summed E-state index contributed by atoms with van der Waals surface area (Å²) in [5.74, 6) is -0.216. The highest BCUT2D eigenvalue weighted by Crippen LogP contribution is 2.20. The number of carbonyl (C=O) groups excluding carboxylic acids is 2. The largest absolute Gasteiger partial charge is 0.453 e. The number of nitrogens with zero attached hydrogens (tertiary/aromatic N) is 1. The van der Waals surface area contributed by atoms with Crippen molar-refractivity contribution in [2.75, 3.05) is 25.5 Å². The zero-order chi connectivity index (χ0) is 15.4. The van der Waals surface area contributed by atoms with Crippen LogP contribution in [-0.2, 0) is 9.53 Å². The normalized spacial score (nSPS) is 18.2. The van der Waals surface area contributed by atoms with Crippen molar-refractivity contribution >= 4 is 17.7 Å². The number of anilines is 1. The minimum atomic E-state index is -0.362. The third-order valence-electron chi connectivity index (χ3n) is 4.00. The zero-order valence-corrected chi connectivity index (χ0v) is 12.8. The second kappa shape index (κ2) is 6.61. The molecule has 21 heavy (non-hydrogen) atoms. The topological polar surface area (TPSA) is 58.6 Å². The Kier molecular flexibility index (Phi) is 4.83. The zero-order valence-electron chi connectivity index (χ0n) is 12.8. The summed E-state index contributed by atoms with van der Waals surface area (Å²) in [7, 11) is 1.36. The number of methoxy groups -OCH3 is 1. The minimum Gasteiger partial charge on any atom is -0.453 e. The van der Waals surface area contributed by atoms with E-state index in [2.05, 4.69) is 5.32 Å². The maximum absolute atomic E-state index is 12.3. The van der Waals surface area contributed by atoms with E-state index in [-0.39, 0.29) is 17.9 Å². The average molecular weight is 290 g/mol. The number of likely N-dealkylation sites (tertiary alicyclic amines) is 1. The van der Waals surface area contributed by atoms with Crippen LogP contribution in [-0.4, -0.2) is 37.1 Å². The SMILES string of the molecule is COC(=O)N1CCCC(C(=O)Nc2ccc(C)c(C)c2)C1. The van der Waals surface area contributed by atoms with Crippen LogP contribution >= 0.6 is 0 Å². The van der Waals surface area contributed by atoms with E-state index in [9.17, 15) is 9.59 Å². The highest BCUT2D eigenvalue weighted by molar-refractivity contribution is 5.93. The van der Waals surface area contributed by atoms with Gasteiger partial charge in [-0.1, -0.05) is 6.07 Å². The van der Waals surface area contributed by atoms with E-state index in [1.807, 2.05) is 32.0 Å². The van der Waals surface area contributed by atoms with Crippen LogP contribution in [0, 0.1) is 19.8 Å². The van der Waals surface area contributed by atoms with Gasteiger partial charge in [0.15, 0.2) is 0 Å². The summed E-state index contributed by atoms with van der Waals surface area (Å²) >= 11 is 0. The van der Waals surface area contributed by atoms with Gasteiger partial charge in [0, 0.05) is 18.8 Å². The monoisotopic (exact) mass is 290 g/mol. The van der Waals surface area contributed by atoms with Crippen LogP contribution in [0.15, 0.2) is 18.2 Å². The number of carbonyl (C=O) groups is 2. The van der Waals surface area contributed by atoms with Gasteiger partial charge < -0.3 is 15.0 Å². The van der Waals surface area contributed by atoms with Crippen molar-refractivity contribution in [1.82, 2.24) is 4.90 Å². The van der Waals surface area contributed by atoms with E-state index in [0.29, 0.717) is 13.1 Å². The van der Waals surface area contributed by atoms with Crippen molar-refractivity contribution in [3.8, 4) is 0 Å². The Hall–Kier alpha value is -2.04. The molecule has 1 unspecified atom stereocenters. The van der Waals surface area contributed by atoms with Gasteiger partial charge in [0.2, 0.25) is 5.91 Å². The van der Waals surface area contributed by atoms with Gasteiger partial charge in [-0.05, 0) is 49.9 Å². The van der Waals surface area contributed by atoms with Crippen LogP contribution in [0.3, 0.4) is 0 Å². The summed E-state index contributed by atoms with van der Waals surface area (Å²) in [6.07, 6.45) is 1.25. The van der Waals surface area contributed by atoms with Gasteiger partial charge in [-0.15, -0.1) is 0 Å². The molecule has 1 aromatic rings. The Morgan fingerprint density at radius 2 is 2.05 bits per heavy atom. The molecule has 1 aliphatic rings. The standard InChI is InChI=1S/C16H22N2O3/c1-11-6-7-14(9-12(11)2)17-15(19)13-5-4-8-18(10-13)16(20)21-3/h6-7,9,13H,4-5,8,10H2,1-3H3,(H,17,19). The summed E-state index contributed by atoms with van der Waals surface area (Å²) in [6.45, 7) is 5.13. The molecular formula is C16H22N2O3. The van der Waals surface area contributed by atoms with E-state index in [1.54, 1.807) is 4.90 Å². The molecule has 1 heterocycles. The van der Waals surface area contributed by atoms with Crippen LogP contribution < -0.4 is 5.32 Å². The lowest BCUT2D eigenvalue weighted by Crippen LogP contribution is -2.43. The summed E-state index contributed by atoms with van der Waals surface area (Å²) < 4.78 is 4.72. The van der Waals surface area contributed by atoms with Crippen molar-refractivity contribution in [2.45, 2.75) is 26.7 Å². The first-order chi connectivity index (χ1) is 10.0. The van der Waals surface area contributed by atoms with Crippen LogP contribution in [0.1, 0.15) is 24.0 Å². The molecule has 0 bridgehead atoms. The molecule has 0 aliphatic carbocycles. The predicted molar refractivity (Wildman–Crippen MR) is 81.2 cm³/mol. The van der Waals surface area contributed by atoms with Crippen molar-refractivity contribution in [1.29, 1.82) is 0 Å². The smallest absolute Gasteiger partial charge is 0.409 e. The molecule has 1 saturated heterocycles. The molecule has 0 spiro atoms. The number of piperidine rings is 1. The molecule has 0 saturated carbocycles. The van der Waals surface area contributed by atoms with Gasteiger partial charge in [0.25, 0.3) is 0 Å². The number of nitrogens with one attached hydrogen (secondary N) is 1. The highest BCUT2D eigenvalue weighted by atomic mass is 16.5. The maximum Gasteiger partial charge on any atom is 0.409 e. The molecule has 1 fully saturated rings. The van der Waals surface area contributed by atoms with Crippen molar-refractivity contribution in [3.63, 3.8) is 0 Å². The lowest BCUT2D eigenvalue weighted by atomic mass is 9.97. The molecule has 1 atom stereocenters. The van der Waals surface area contributed by atoms with Crippen LogP contribution in [0.25, 0.3) is 0 Å². The Morgan fingerprint density at radius 1 is 1.29 bits per heavy atom. The maximum atomic E-state index is 12.3. The van der Waals surface area contributed by atoms with Crippen molar-refractivity contribution in [3.05, 3.63) is 29.3 Å². The molecule has 5 heteroatoms. The lowest BCUT2D eigenvalue weighted by molar-refractivity contribution is -0.121. The summed E-state index contributed by atoms with van der Waals surface area (Å²) in [5, 5.41) is 2.94. The molecule has 5 nitrogen and oxygen atoms in total. The van der Waals surface area contributed by atoms with Gasteiger partial charge in [-0.2, -0.15) is 0 Å². The van der Waals surface area contributed by atoms with E-state index in [1.165, 1.54) is 12.7 Å². The first kappa shape index (κ1) is 15.4. The summed E-state index contributed by atoms with van der Waals surface area (Å²) in [4.78, 5) is 25.5. The fraction of sp³-hybridized carbons (Fsp3) is 0.500. The highest BCUT2D eigenvalue weighted by Gasteiger charge is 2.28. The number of aryl methyl sites for hydroxylation is 2. The van der Waals surface area contributed by atoms with Gasteiger partial charge in [0.05, 0.1) is 13.0 Å². The minimum absolute atomic E-state index is 0.0353. The molecule has 2 amide bonds. The molecule has 1 aliphatic heterocycles. The van der Waals surface area contributed by atoms with E-state index in [0.717, 1.165) is 24.1 Å². The third-order valence-corrected chi connectivity index (χ3v) is 4.00. The number of rotatable bonds is 2. The number of hydrogen-bond donors (Lipinski definition) is 1. The van der Waals surface area contributed by atoms with Crippen molar-refractivity contribution < 1.29 is 14.3 Å². The molecule has 114 valence electrons. The molecule has 0 aromatic heterocycles. The fourth-order valence-electron chi connectivity index (χ4n) is 2.55. The summed E-state index contributed by atoms with van der Waals surface area (Å²) in [5.41, 5.74) is 3.15. The first-order valence-electron chi connectivity index (χ1n) is 7.22. The Bertz CT molecular complexity index is 542. The summed E-state index contributed by atoms with van der Waals surface area (Å²) in [6, 6.07) is 5.86. The molecule has 1 N–H and O–H groups in total. The molecule has 0 radical (unpaired) electrons. The lowest BCUT2D eigenvalue weighted by Gasteiger charge is -2.30. The molecule has 1 aromatic carbocycles. The average Bonchev–Trinajstić information content (AvgIpc) is 2.50. The van der Waals surface area contributed by atoms with Gasteiger partial charge in [0.1, 0.15) is 0 Å². The van der Waals surface area contributed by atoms with Crippen LogP contribution in [0.4, 0.5) is 10.5 Å². The van der Waals surface area contributed by atoms with E-state index < -0.39 is 0 Å². The van der Waals surface area contributed by atoms with Gasteiger partial charge >= 0.3 is 6.09 Å². The second-order valence-corrected chi connectivity index (χ2v) is 5.54. The van der Waals surface area contributed by atoms with Crippen molar-refractivity contribution in [2.24, 2.45) is 5.92 Å². The predicted octanol–water partition coefficient (Wildman–Crippen LogP) is 2.72. The Labute approximate surface area is 125 Å². The number of benzene rings is 1. The van der Waals surface area contributed by atoms with Gasteiger partial charge in [-0.25, -0.2) is 4.79 Å². The number of hydrogen-bond acceptors (Lipinski definition) is 3. The molecular weight excluding hydrogens is 268 g/mol. The third kappa shape index (κ3) is 3.74. The Morgan fingerprint density at radius 3 is 2.71 bits per heavy atom. The fourth-order valence-corrected chi connectivity index (χ4v) is 2.55. The Balaban J connectivity index is 1.99. The quantitative estimate of drug-likeness (QED) is 0.911. The van der Waals surface area contributed by atoms with Gasteiger partial charge in [-0.3, -0.25) is 4.79 Å². The number of ether oxygens (including phenoxy) is 1. The van der Waals surface area contributed by atoms with E-state index >= 15 is 0 Å². The van der Waals surface area contributed by atoms with Crippen LogP contribution in [0.2, 0.25) is 0 Å². The van der Waals surface area contributed by atoms with E-state index in [4.69, 9.17) is 4.74 Å². The molecule has 2 rings (SSSR count). The first-order valence-corrected chi connectivity index (χ1v) is 7.22.